The molecule has 0 radical (unpaired) electrons. The van der Waals surface area contributed by atoms with Crippen LogP contribution in [0.25, 0.3) is 6.08 Å². The maximum absolute atomic E-state index is 14.1. The van der Waals surface area contributed by atoms with Gasteiger partial charge in [0.15, 0.2) is 11.7 Å². The zero-order valence-corrected chi connectivity index (χ0v) is 25.0. The summed E-state index contributed by atoms with van der Waals surface area (Å²) < 4.78 is 22.1. The molecule has 0 saturated heterocycles. The molecule has 1 N–H and O–H groups in total. The van der Waals surface area contributed by atoms with Crippen LogP contribution < -0.4 is 14.8 Å². The third-order valence-electron chi connectivity index (χ3n) is 6.02. The highest BCUT2D eigenvalue weighted by molar-refractivity contribution is 7.80. The second kappa shape index (κ2) is 14.5. The van der Waals surface area contributed by atoms with Gasteiger partial charge in [0.25, 0.3) is 5.91 Å². The third-order valence-corrected chi connectivity index (χ3v) is 6.32. The molecular formula is C31H36N2O7S. The highest BCUT2D eigenvalue weighted by Gasteiger charge is 2.41. The van der Waals surface area contributed by atoms with E-state index in [-0.39, 0.29) is 36.6 Å². The molecule has 1 aliphatic rings. The molecule has 1 heterocycles. The second-order valence-electron chi connectivity index (χ2n) is 9.43. The Hall–Kier alpha value is -4.18. The van der Waals surface area contributed by atoms with Gasteiger partial charge in [-0.15, -0.1) is 0 Å². The number of allylic oxidation sites excluding steroid dienone is 1. The number of benzene rings is 2. The summed E-state index contributed by atoms with van der Waals surface area (Å²) in [5, 5.41) is 3.13. The summed E-state index contributed by atoms with van der Waals surface area (Å²) in [5.41, 5.74) is 2.22. The molecule has 2 aromatic carbocycles. The lowest BCUT2D eigenvalue weighted by atomic mass is 9.92. The molecule has 2 aromatic rings. The van der Waals surface area contributed by atoms with Crippen LogP contribution in [0, 0.1) is 0 Å². The minimum atomic E-state index is -0.913. The Morgan fingerprint density at radius 3 is 2.29 bits per heavy atom. The molecule has 0 aromatic heterocycles. The number of hydrogen-bond acceptors (Lipinski definition) is 8. The van der Waals surface area contributed by atoms with Crippen molar-refractivity contribution in [1.82, 2.24) is 10.2 Å². The van der Waals surface area contributed by atoms with Crippen LogP contribution in [0.3, 0.4) is 0 Å². The van der Waals surface area contributed by atoms with Gasteiger partial charge in [-0.25, -0.2) is 9.59 Å². The number of nitrogens with one attached hydrogen (secondary N) is 1. The van der Waals surface area contributed by atoms with E-state index in [0.29, 0.717) is 33.9 Å². The highest BCUT2D eigenvalue weighted by Crippen LogP contribution is 2.40. The Kier molecular flexibility index (Phi) is 11.0. The Bertz CT molecular complexity index is 1370. The molecule has 0 aliphatic carbocycles. The Balaban J connectivity index is 2.09. The molecule has 1 amide bonds. The lowest BCUT2D eigenvalue weighted by Gasteiger charge is -2.39. The number of carbonyl (C=O) groups excluding carboxylic acids is 3. The summed E-state index contributed by atoms with van der Waals surface area (Å²) in [6, 6.07) is 13.3. The molecule has 0 spiro atoms. The van der Waals surface area contributed by atoms with Crippen molar-refractivity contribution in [2.24, 2.45) is 0 Å². The number of rotatable bonds is 11. The van der Waals surface area contributed by atoms with Crippen molar-refractivity contribution in [1.29, 1.82) is 0 Å². The van der Waals surface area contributed by atoms with Crippen molar-refractivity contribution < 1.29 is 33.3 Å². The summed E-state index contributed by atoms with van der Waals surface area (Å²) in [4.78, 5) is 40.6. The summed E-state index contributed by atoms with van der Waals surface area (Å²) in [6.07, 6.45) is 1.49. The second-order valence-corrected chi connectivity index (χ2v) is 9.82. The van der Waals surface area contributed by atoms with Gasteiger partial charge in [-0.2, -0.15) is 0 Å². The zero-order chi connectivity index (χ0) is 30.1. The largest absolute Gasteiger partial charge is 0.491 e. The number of para-hydroxylation sites is 2. The zero-order valence-electron chi connectivity index (χ0n) is 24.2. The van der Waals surface area contributed by atoms with Gasteiger partial charge >= 0.3 is 11.9 Å². The molecule has 0 saturated carbocycles. The molecule has 1 unspecified atom stereocenters. The lowest BCUT2D eigenvalue weighted by molar-refractivity contribution is -0.145. The standard InChI is InChI=1S/C31H36N2O7S/c1-7-37-26(34)18-39-24-15-11-9-13-22(24)17-20(5)29(35)33-28(23-14-10-12-16-25(23)40-19(3)4)27(30(36)38-8-2)21(6)32-31(33)41/h9-17,19,28H,7-8,18H2,1-6H3,(H,32,41)/b20-17+. The average molecular weight is 581 g/mol. The van der Waals surface area contributed by atoms with Crippen LogP contribution in [-0.2, 0) is 23.9 Å². The van der Waals surface area contributed by atoms with E-state index in [1.54, 1.807) is 70.2 Å². The number of ether oxygens (including phenoxy) is 4. The summed E-state index contributed by atoms with van der Waals surface area (Å²) in [5.74, 6) is -0.586. The smallest absolute Gasteiger partial charge is 0.344 e. The number of hydrogen-bond donors (Lipinski definition) is 1. The van der Waals surface area contributed by atoms with Crippen molar-refractivity contribution in [3.63, 3.8) is 0 Å². The summed E-state index contributed by atoms with van der Waals surface area (Å²) in [7, 11) is 0. The topological polar surface area (TPSA) is 103 Å². The quantitative estimate of drug-likeness (QED) is 0.221. The van der Waals surface area contributed by atoms with Crippen molar-refractivity contribution in [3.05, 3.63) is 76.5 Å². The third kappa shape index (κ3) is 7.73. The van der Waals surface area contributed by atoms with E-state index in [0.717, 1.165) is 0 Å². The van der Waals surface area contributed by atoms with Gasteiger partial charge in [0.2, 0.25) is 0 Å². The molecule has 0 fully saturated rings. The van der Waals surface area contributed by atoms with Gasteiger partial charge < -0.3 is 24.3 Å². The SMILES string of the molecule is CCOC(=O)COc1ccccc1/C=C(\C)C(=O)N1C(=S)NC(C)=C(C(=O)OCC)C1c1ccccc1OC(C)C. The maximum Gasteiger partial charge on any atom is 0.344 e. The minimum absolute atomic E-state index is 0.129. The molecule has 1 atom stereocenters. The molecule has 41 heavy (non-hydrogen) atoms. The van der Waals surface area contributed by atoms with Crippen molar-refractivity contribution in [3.8, 4) is 11.5 Å². The first-order valence-electron chi connectivity index (χ1n) is 13.4. The molecule has 9 nitrogen and oxygen atoms in total. The van der Waals surface area contributed by atoms with Crippen molar-refractivity contribution in [2.45, 2.75) is 53.7 Å². The molecule has 0 bridgehead atoms. The van der Waals surface area contributed by atoms with Crippen LogP contribution in [0.1, 0.15) is 58.7 Å². The van der Waals surface area contributed by atoms with E-state index in [9.17, 15) is 14.4 Å². The predicted octanol–water partition coefficient (Wildman–Crippen LogP) is 5.11. The number of esters is 2. The fraction of sp³-hybridized carbons (Fsp3) is 0.355. The Labute approximate surface area is 246 Å². The molecular weight excluding hydrogens is 544 g/mol. The van der Waals surface area contributed by atoms with Gasteiger partial charge in [-0.1, -0.05) is 36.4 Å². The fourth-order valence-electron chi connectivity index (χ4n) is 4.34. The number of amides is 1. The first kappa shape index (κ1) is 31.3. The van der Waals surface area contributed by atoms with Crippen LogP contribution in [-0.4, -0.2) is 53.8 Å². The Morgan fingerprint density at radius 2 is 1.63 bits per heavy atom. The average Bonchev–Trinajstić information content (AvgIpc) is 2.92. The molecule has 218 valence electrons. The van der Waals surface area contributed by atoms with Gasteiger partial charge in [0.05, 0.1) is 24.9 Å². The normalized spacial score (nSPS) is 15.4. The first-order chi connectivity index (χ1) is 19.6. The van der Waals surface area contributed by atoms with Gasteiger partial charge in [-0.05, 0) is 72.0 Å². The lowest BCUT2D eigenvalue weighted by Crippen LogP contribution is -2.51. The van der Waals surface area contributed by atoms with Crippen LogP contribution >= 0.6 is 12.2 Å². The van der Waals surface area contributed by atoms with Gasteiger partial charge in [0, 0.05) is 22.4 Å². The van der Waals surface area contributed by atoms with Crippen molar-refractivity contribution >= 4 is 41.3 Å². The van der Waals surface area contributed by atoms with Crippen LogP contribution in [0.2, 0.25) is 0 Å². The molecule has 10 heteroatoms. The number of carbonyl (C=O) groups is 3. The van der Waals surface area contributed by atoms with E-state index < -0.39 is 23.9 Å². The molecule has 3 rings (SSSR count). The fourth-order valence-corrected chi connectivity index (χ4v) is 4.68. The van der Waals surface area contributed by atoms with Gasteiger partial charge in [0.1, 0.15) is 17.5 Å². The van der Waals surface area contributed by atoms with E-state index in [2.05, 4.69) is 5.32 Å². The van der Waals surface area contributed by atoms with Crippen LogP contribution in [0.5, 0.6) is 11.5 Å². The van der Waals surface area contributed by atoms with E-state index in [1.165, 1.54) is 4.90 Å². The molecule has 1 aliphatic heterocycles. The maximum atomic E-state index is 14.1. The van der Waals surface area contributed by atoms with Gasteiger partial charge in [-0.3, -0.25) is 9.69 Å². The van der Waals surface area contributed by atoms with E-state index in [4.69, 9.17) is 31.2 Å². The van der Waals surface area contributed by atoms with Crippen LogP contribution in [0.15, 0.2) is 65.4 Å². The van der Waals surface area contributed by atoms with Crippen molar-refractivity contribution in [2.75, 3.05) is 19.8 Å². The number of thiocarbonyl (C=S) groups is 1. The summed E-state index contributed by atoms with van der Waals surface area (Å²) in [6.45, 7) is 10.7. The summed E-state index contributed by atoms with van der Waals surface area (Å²) >= 11 is 5.66. The number of nitrogens with zero attached hydrogens (tertiary/aromatic N) is 1. The highest BCUT2D eigenvalue weighted by atomic mass is 32.1. The minimum Gasteiger partial charge on any atom is -0.491 e. The Morgan fingerprint density at radius 1 is 1.00 bits per heavy atom. The first-order valence-corrected chi connectivity index (χ1v) is 13.8. The van der Waals surface area contributed by atoms with E-state index >= 15 is 0 Å². The monoisotopic (exact) mass is 580 g/mol. The predicted molar refractivity (Wildman–Crippen MR) is 159 cm³/mol. The van der Waals surface area contributed by atoms with Crippen LogP contribution in [0.4, 0.5) is 0 Å². The van der Waals surface area contributed by atoms with E-state index in [1.807, 2.05) is 26.0 Å².